The van der Waals surface area contributed by atoms with Gasteiger partial charge in [-0.05, 0) is 38.3 Å². The Balaban J connectivity index is 0.00000300. The van der Waals surface area contributed by atoms with Crippen LogP contribution < -0.4 is 10.2 Å². The van der Waals surface area contributed by atoms with Gasteiger partial charge in [0.1, 0.15) is 0 Å². The number of hydrogen-bond acceptors (Lipinski definition) is 3. The average Bonchev–Trinajstić information content (AvgIpc) is 3.26. The molecule has 1 aliphatic rings. The molecule has 0 aliphatic carbocycles. The summed E-state index contributed by atoms with van der Waals surface area (Å²) in [6.07, 6.45) is 7.04. The molecule has 0 radical (unpaired) electrons. The molecule has 3 atom stereocenters. The minimum atomic E-state index is 0. The van der Waals surface area contributed by atoms with Gasteiger partial charge in [-0.25, -0.2) is 4.98 Å². The van der Waals surface area contributed by atoms with E-state index in [0.29, 0.717) is 18.0 Å². The van der Waals surface area contributed by atoms with Crippen LogP contribution in [0.5, 0.6) is 0 Å². The first kappa shape index (κ1) is 23.5. The number of hydrogen-bond donors (Lipinski definition) is 1. The van der Waals surface area contributed by atoms with Gasteiger partial charge in [-0.3, -0.25) is 4.99 Å². The lowest BCUT2D eigenvalue weighted by Gasteiger charge is -2.39. The second-order valence-electron chi connectivity index (χ2n) is 7.78. The van der Waals surface area contributed by atoms with Crippen LogP contribution in [0.4, 0.5) is 5.69 Å². The summed E-state index contributed by atoms with van der Waals surface area (Å²) >= 11 is 0. The van der Waals surface area contributed by atoms with Crippen molar-refractivity contribution in [2.75, 3.05) is 38.1 Å². The number of halogens is 1. The lowest BCUT2D eigenvalue weighted by molar-refractivity contribution is 0.189. The molecule has 3 rings (SSSR count). The van der Waals surface area contributed by atoms with Gasteiger partial charge >= 0.3 is 0 Å². The third kappa shape index (κ3) is 6.10. The zero-order chi connectivity index (χ0) is 19.9. The highest BCUT2D eigenvalue weighted by atomic mass is 127. The first-order valence-corrected chi connectivity index (χ1v) is 10.4. The Labute approximate surface area is 192 Å². The number of aliphatic imine (C=N–C) groups is 1. The Kier molecular flexibility index (Phi) is 9.26. The first-order chi connectivity index (χ1) is 13.6. The van der Waals surface area contributed by atoms with Crippen LogP contribution in [0.25, 0.3) is 0 Å². The number of benzene rings is 1. The fraction of sp³-hybridized carbons (Fsp3) is 0.545. The van der Waals surface area contributed by atoms with E-state index in [1.807, 2.05) is 12.5 Å². The highest BCUT2D eigenvalue weighted by Crippen LogP contribution is 2.27. The zero-order valence-corrected chi connectivity index (χ0v) is 20.4. The van der Waals surface area contributed by atoms with Crippen molar-refractivity contribution in [1.29, 1.82) is 0 Å². The smallest absolute Gasteiger partial charge is 0.194 e. The van der Waals surface area contributed by atoms with E-state index < -0.39 is 0 Å². The Bertz CT molecular complexity index is 733. The molecule has 2 heterocycles. The van der Waals surface area contributed by atoms with Gasteiger partial charge in [0.05, 0.1) is 18.9 Å². The van der Waals surface area contributed by atoms with Crippen LogP contribution >= 0.6 is 24.0 Å². The van der Waals surface area contributed by atoms with Gasteiger partial charge < -0.3 is 19.7 Å². The normalized spacial score (nSPS) is 20.7. The number of anilines is 1. The van der Waals surface area contributed by atoms with E-state index in [-0.39, 0.29) is 24.0 Å². The predicted octanol–water partition coefficient (Wildman–Crippen LogP) is 3.87. The quantitative estimate of drug-likeness (QED) is 0.364. The molecule has 1 fully saturated rings. The summed E-state index contributed by atoms with van der Waals surface area (Å²) in [6.45, 7) is 10.3. The van der Waals surface area contributed by atoms with Crippen LogP contribution in [0.3, 0.4) is 0 Å². The molecule has 1 N–H and O–H groups in total. The van der Waals surface area contributed by atoms with Gasteiger partial charge in [0.25, 0.3) is 0 Å². The molecule has 160 valence electrons. The van der Waals surface area contributed by atoms with Crippen LogP contribution in [0, 0.1) is 5.92 Å². The van der Waals surface area contributed by atoms with E-state index in [2.05, 4.69) is 89.0 Å². The molecule has 0 saturated carbocycles. The van der Waals surface area contributed by atoms with Gasteiger partial charge in [-0.15, -0.1) is 24.0 Å². The van der Waals surface area contributed by atoms with Crippen molar-refractivity contribution in [2.45, 2.75) is 39.3 Å². The van der Waals surface area contributed by atoms with Crippen molar-refractivity contribution in [1.82, 2.24) is 19.8 Å². The number of aromatic nitrogens is 2. The number of para-hydroxylation sites is 1. The van der Waals surface area contributed by atoms with Crippen LogP contribution in [0.2, 0.25) is 0 Å². The molecular weight excluding hydrogens is 475 g/mol. The monoisotopic (exact) mass is 510 g/mol. The SMILES string of the molecule is CCNC(=NCC(C)N(C)c1ccccc1)N1CCC(C)C(n2ccnc2)C1.I. The van der Waals surface area contributed by atoms with Crippen LogP contribution in [-0.4, -0.2) is 59.7 Å². The highest BCUT2D eigenvalue weighted by Gasteiger charge is 2.29. The second-order valence-corrected chi connectivity index (χ2v) is 7.78. The Morgan fingerprint density at radius 3 is 2.76 bits per heavy atom. The third-order valence-electron chi connectivity index (χ3n) is 5.79. The van der Waals surface area contributed by atoms with Gasteiger partial charge in [0.15, 0.2) is 5.96 Å². The Morgan fingerprint density at radius 1 is 1.34 bits per heavy atom. The van der Waals surface area contributed by atoms with Gasteiger partial charge in [0.2, 0.25) is 0 Å². The minimum absolute atomic E-state index is 0. The van der Waals surface area contributed by atoms with Crippen molar-refractivity contribution in [3.63, 3.8) is 0 Å². The van der Waals surface area contributed by atoms with Crippen LogP contribution in [0.1, 0.15) is 33.2 Å². The Morgan fingerprint density at radius 2 is 2.10 bits per heavy atom. The Hall–Kier alpha value is -1.77. The van der Waals surface area contributed by atoms with E-state index in [9.17, 15) is 0 Å². The summed E-state index contributed by atoms with van der Waals surface area (Å²) < 4.78 is 2.24. The van der Waals surface area contributed by atoms with Crippen molar-refractivity contribution >= 4 is 35.6 Å². The summed E-state index contributed by atoms with van der Waals surface area (Å²) in [6, 6.07) is 11.3. The maximum absolute atomic E-state index is 4.99. The van der Waals surface area contributed by atoms with Gasteiger partial charge in [-0.2, -0.15) is 0 Å². The molecule has 2 aromatic rings. The van der Waals surface area contributed by atoms with Gasteiger partial charge in [-0.1, -0.05) is 25.1 Å². The van der Waals surface area contributed by atoms with E-state index >= 15 is 0 Å². The van der Waals surface area contributed by atoms with E-state index in [1.165, 1.54) is 5.69 Å². The van der Waals surface area contributed by atoms with Crippen LogP contribution in [0.15, 0.2) is 54.0 Å². The number of nitrogens with zero attached hydrogens (tertiary/aromatic N) is 5. The van der Waals surface area contributed by atoms with E-state index in [4.69, 9.17) is 4.99 Å². The summed E-state index contributed by atoms with van der Waals surface area (Å²) in [4.78, 5) is 13.9. The number of likely N-dealkylation sites (N-methyl/N-ethyl adjacent to an activating group) is 1. The first-order valence-electron chi connectivity index (χ1n) is 10.4. The summed E-state index contributed by atoms with van der Waals surface area (Å²) in [7, 11) is 2.14. The fourth-order valence-corrected chi connectivity index (χ4v) is 3.78. The molecule has 1 saturated heterocycles. The largest absolute Gasteiger partial charge is 0.370 e. The number of nitrogens with one attached hydrogen (secondary N) is 1. The maximum atomic E-state index is 4.99. The molecule has 6 nitrogen and oxygen atoms in total. The molecule has 3 unspecified atom stereocenters. The molecule has 0 bridgehead atoms. The molecule has 1 aromatic carbocycles. The fourth-order valence-electron chi connectivity index (χ4n) is 3.78. The van der Waals surface area contributed by atoms with Crippen molar-refractivity contribution < 1.29 is 0 Å². The number of likely N-dealkylation sites (tertiary alicyclic amines) is 1. The average molecular weight is 510 g/mol. The highest BCUT2D eigenvalue weighted by molar-refractivity contribution is 14.0. The summed E-state index contributed by atoms with van der Waals surface area (Å²) in [5.41, 5.74) is 1.22. The number of guanidine groups is 1. The van der Waals surface area contributed by atoms with Crippen LogP contribution in [-0.2, 0) is 0 Å². The molecule has 29 heavy (non-hydrogen) atoms. The molecule has 7 heteroatoms. The van der Waals surface area contributed by atoms with Crippen molar-refractivity contribution in [2.24, 2.45) is 10.9 Å². The topological polar surface area (TPSA) is 48.7 Å². The van der Waals surface area contributed by atoms with Gasteiger partial charge in [0, 0.05) is 50.8 Å². The molecular formula is C22H35IN6. The lowest BCUT2D eigenvalue weighted by Crippen LogP contribution is -2.49. The molecule has 0 spiro atoms. The number of rotatable bonds is 6. The molecule has 1 aromatic heterocycles. The maximum Gasteiger partial charge on any atom is 0.194 e. The number of imidazole rings is 1. The molecule has 0 amide bonds. The number of piperidine rings is 1. The van der Waals surface area contributed by atoms with E-state index in [0.717, 1.165) is 38.6 Å². The minimum Gasteiger partial charge on any atom is -0.370 e. The van der Waals surface area contributed by atoms with E-state index in [1.54, 1.807) is 0 Å². The standard InChI is InChI=1S/C22H34N6.HI/c1-5-24-22(25-15-19(3)26(4)20-9-7-6-8-10-20)27-13-11-18(2)21(16-27)28-14-12-23-17-28;/h6-10,12,14,17-19,21H,5,11,13,15-16H2,1-4H3,(H,24,25);1H. The summed E-state index contributed by atoms with van der Waals surface area (Å²) in [5.74, 6) is 1.66. The summed E-state index contributed by atoms with van der Waals surface area (Å²) in [5, 5.41) is 3.50. The zero-order valence-electron chi connectivity index (χ0n) is 18.0. The van der Waals surface area contributed by atoms with Crippen molar-refractivity contribution in [3.05, 3.63) is 49.1 Å². The second kappa shape index (κ2) is 11.4. The lowest BCUT2D eigenvalue weighted by atomic mass is 9.93. The van der Waals surface area contributed by atoms with Crippen molar-refractivity contribution in [3.8, 4) is 0 Å². The third-order valence-corrected chi connectivity index (χ3v) is 5.79. The molecule has 1 aliphatic heterocycles. The predicted molar refractivity (Wildman–Crippen MR) is 132 cm³/mol.